The van der Waals surface area contributed by atoms with Crippen LogP contribution >= 0.6 is 0 Å². The van der Waals surface area contributed by atoms with Gasteiger partial charge in [-0.2, -0.15) is 13.2 Å². The van der Waals surface area contributed by atoms with Gasteiger partial charge in [0.25, 0.3) is 0 Å². The summed E-state index contributed by atoms with van der Waals surface area (Å²) in [4.78, 5) is 1.97. The molecule has 0 aromatic carbocycles. The molecule has 1 fully saturated rings. The molecule has 1 rings (SSSR count). The molecule has 1 aliphatic rings. The summed E-state index contributed by atoms with van der Waals surface area (Å²) in [5.74, 6) is -1.11. The Bertz CT molecular complexity index is 231. The summed E-state index contributed by atoms with van der Waals surface area (Å²) in [5, 5.41) is 3.32. The van der Waals surface area contributed by atoms with Crippen LogP contribution in [0.15, 0.2) is 0 Å². The van der Waals surface area contributed by atoms with Crippen LogP contribution in [0.5, 0.6) is 0 Å². The fourth-order valence-corrected chi connectivity index (χ4v) is 2.60. The highest BCUT2D eigenvalue weighted by molar-refractivity contribution is 4.78. The Morgan fingerprint density at radius 3 is 2.72 bits per heavy atom. The van der Waals surface area contributed by atoms with E-state index in [1.165, 1.54) is 0 Å². The first-order chi connectivity index (χ1) is 8.43. The molecule has 0 spiro atoms. The second-order valence-electron chi connectivity index (χ2n) is 5.28. The summed E-state index contributed by atoms with van der Waals surface area (Å²) >= 11 is 0. The molecular formula is C13H25F3N2. The number of piperidine rings is 1. The zero-order chi connectivity index (χ0) is 13.6. The van der Waals surface area contributed by atoms with Gasteiger partial charge in [0, 0.05) is 12.6 Å². The van der Waals surface area contributed by atoms with Crippen LogP contribution in [0.4, 0.5) is 13.2 Å². The van der Waals surface area contributed by atoms with Crippen molar-refractivity contribution in [3.8, 4) is 0 Å². The average Bonchev–Trinajstić information content (AvgIpc) is 2.29. The highest BCUT2D eigenvalue weighted by atomic mass is 19.4. The maximum atomic E-state index is 12.6. The summed E-state index contributed by atoms with van der Waals surface area (Å²) < 4.78 is 37.9. The predicted molar refractivity (Wildman–Crippen MR) is 67.6 cm³/mol. The number of nitrogens with zero attached hydrogens (tertiary/aromatic N) is 1. The third kappa shape index (κ3) is 5.57. The molecule has 1 aliphatic heterocycles. The molecular weight excluding hydrogens is 241 g/mol. The molecule has 0 aromatic rings. The van der Waals surface area contributed by atoms with Gasteiger partial charge in [-0.1, -0.05) is 6.92 Å². The Labute approximate surface area is 108 Å². The molecule has 5 heteroatoms. The minimum absolute atomic E-state index is 0.194. The van der Waals surface area contributed by atoms with Crippen molar-refractivity contribution in [3.05, 3.63) is 0 Å². The topological polar surface area (TPSA) is 15.3 Å². The van der Waals surface area contributed by atoms with E-state index in [1.807, 2.05) is 4.90 Å². The molecule has 0 bridgehead atoms. The lowest BCUT2D eigenvalue weighted by Crippen LogP contribution is -2.42. The lowest BCUT2D eigenvalue weighted by Gasteiger charge is -2.33. The molecule has 18 heavy (non-hydrogen) atoms. The van der Waals surface area contributed by atoms with Gasteiger partial charge in [0.15, 0.2) is 0 Å². The Hall–Kier alpha value is -0.290. The minimum Gasteiger partial charge on any atom is -0.315 e. The largest absolute Gasteiger partial charge is 0.393 e. The van der Waals surface area contributed by atoms with Gasteiger partial charge >= 0.3 is 6.18 Å². The highest BCUT2D eigenvalue weighted by Crippen LogP contribution is 2.33. The van der Waals surface area contributed by atoms with Crippen molar-refractivity contribution in [1.82, 2.24) is 10.2 Å². The van der Waals surface area contributed by atoms with Crippen molar-refractivity contribution < 1.29 is 13.2 Å². The van der Waals surface area contributed by atoms with E-state index >= 15 is 0 Å². The second-order valence-corrected chi connectivity index (χ2v) is 5.28. The van der Waals surface area contributed by atoms with Crippen LogP contribution in [0.1, 0.15) is 39.5 Å². The number of nitrogens with one attached hydrogen (secondary N) is 1. The zero-order valence-corrected chi connectivity index (χ0v) is 11.4. The summed E-state index contributed by atoms with van der Waals surface area (Å²) in [7, 11) is 0. The van der Waals surface area contributed by atoms with Gasteiger partial charge in [0.1, 0.15) is 0 Å². The number of hydrogen-bond donors (Lipinski definition) is 1. The predicted octanol–water partition coefficient (Wildman–Crippen LogP) is 3.04. The van der Waals surface area contributed by atoms with E-state index in [2.05, 4.69) is 19.2 Å². The van der Waals surface area contributed by atoms with Crippen LogP contribution in [0.25, 0.3) is 0 Å². The number of likely N-dealkylation sites (tertiary alicyclic amines) is 1. The van der Waals surface area contributed by atoms with Crippen molar-refractivity contribution in [2.45, 2.75) is 51.7 Å². The molecule has 1 heterocycles. The first-order valence-corrected chi connectivity index (χ1v) is 6.96. The van der Waals surface area contributed by atoms with Crippen LogP contribution in [-0.2, 0) is 0 Å². The molecule has 1 N–H and O–H groups in total. The molecule has 0 aliphatic carbocycles. The molecule has 0 radical (unpaired) electrons. The number of hydrogen-bond acceptors (Lipinski definition) is 2. The molecule has 0 aromatic heterocycles. The number of rotatable bonds is 6. The van der Waals surface area contributed by atoms with E-state index in [-0.39, 0.29) is 6.54 Å². The summed E-state index contributed by atoms with van der Waals surface area (Å²) in [5.41, 5.74) is 0. The Morgan fingerprint density at radius 1 is 1.39 bits per heavy atom. The van der Waals surface area contributed by atoms with E-state index in [0.29, 0.717) is 18.9 Å². The second kappa shape index (κ2) is 7.34. The summed E-state index contributed by atoms with van der Waals surface area (Å²) in [6.45, 7) is 6.94. The maximum Gasteiger partial charge on any atom is 0.393 e. The van der Waals surface area contributed by atoms with Gasteiger partial charge in [-0.05, 0) is 52.2 Å². The third-order valence-corrected chi connectivity index (χ3v) is 3.63. The molecule has 1 saturated heterocycles. The highest BCUT2D eigenvalue weighted by Gasteiger charge is 2.41. The van der Waals surface area contributed by atoms with Crippen molar-refractivity contribution in [2.24, 2.45) is 5.92 Å². The monoisotopic (exact) mass is 266 g/mol. The van der Waals surface area contributed by atoms with Crippen molar-refractivity contribution in [3.63, 3.8) is 0 Å². The first-order valence-electron chi connectivity index (χ1n) is 6.96. The standard InChI is InChI=1S/C13H25F3N2/c1-3-17-11(2)6-4-8-18-9-5-7-12(10-18)13(14,15)16/h11-12,17H,3-10H2,1-2H3. The van der Waals surface area contributed by atoms with Crippen molar-refractivity contribution in [2.75, 3.05) is 26.2 Å². The van der Waals surface area contributed by atoms with E-state index in [4.69, 9.17) is 0 Å². The van der Waals surface area contributed by atoms with Gasteiger partial charge in [-0.15, -0.1) is 0 Å². The maximum absolute atomic E-state index is 12.6. The molecule has 108 valence electrons. The van der Waals surface area contributed by atoms with Gasteiger partial charge in [-0.3, -0.25) is 0 Å². The lowest BCUT2D eigenvalue weighted by molar-refractivity contribution is -0.186. The zero-order valence-electron chi connectivity index (χ0n) is 11.4. The smallest absolute Gasteiger partial charge is 0.315 e. The SMILES string of the molecule is CCNC(C)CCCN1CCCC(C(F)(F)F)C1. The molecule has 2 unspecified atom stereocenters. The lowest BCUT2D eigenvalue weighted by atomic mass is 9.97. The van der Waals surface area contributed by atoms with Gasteiger partial charge in [0.2, 0.25) is 0 Å². The van der Waals surface area contributed by atoms with E-state index in [0.717, 1.165) is 32.5 Å². The normalized spacial score (nSPS) is 24.2. The fourth-order valence-electron chi connectivity index (χ4n) is 2.60. The fraction of sp³-hybridized carbons (Fsp3) is 1.00. The van der Waals surface area contributed by atoms with Crippen molar-refractivity contribution >= 4 is 0 Å². The average molecular weight is 266 g/mol. The quantitative estimate of drug-likeness (QED) is 0.795. The third-order valence-electron chi connectivity index (χ3n) is 3.63. The van der Waals surface area contributed by atoms with Crippen LogP contribution in [0.3, 0.4) is 0 Å². The van der Waals surface area contributed by atoms with Gasteiger partial charge in [-0.25, -0.2) is 0 Å². The summed E-state index contributed by atoms with van der Waals surface area (Å²) in [6.07, 6.45) is -1.05. The van der Waals surface area contributed by atoms with Crippen LogP contribution in [0, 0.1) is 5.92 Å². The van der Waals surface area contributed by atoms with Crippen LogP contribution < -0.4 is 5.32 Å². The number of alkyl halides is 3. The Morgan fingerprint density at radius 2 is 2.11 bits per heavy atom. The van der Waals surface area contributed by atoms with E-state index in [9.17, 15) is 13.2 Å². The Balaban J connectivity index is 2.22. The number of halogens is 3. The first kappa shape index (κ1) is 15.8. The van der Waals surface area contributed by atoms with Crippen LogP contribution in [-0.4, -0.2) is 43.3 Å². The Kier molecular flexibility index (Phi) is 6.43. The van der Waals surface area contributed by atoms with Gasteiger partial charge in [0.05, 0.1) is 5.92 Å². The minimum atomic E-state index is -4.02. The van der Waals surface area contributed by atoms with Crippen LogP contribution in [0.2, 0.25) is 0 Å². The molecule has 2 nitrogen and oxygen atoms in total. The van der Waals surface area contributed by atoms with E-state index < -0.39 is 12.1 Å². The van der Waals surface area contributed by atoms with Crippen molar-refractivity contribution in [1.29, 1.82) is 0 Å². The molecule has 0 amide bonds. The summed E-state index contributed by atoms with van der Waals surface area (Å²) in [6, 6.07) is 0.457. The van der Waals surface area contributed by atoms with E-state index in [1.54, 1.807) is 0 Å². The molecule has 0 saturated carbocycles. The van der Waals surface area contributed by atoms with Gasteiger partial charge < -0.3 is 10.2 Å². The molecule has 2 atom stereocenters.